The van der Waals surface area contributed by atoms with E-state index in [0.29, 0.717) is 0 Å². The second kappa shape index (κ2) is 3.21. The summed E-state index contributed by atoms with van der Waals surface area (Å²) >= 11 is 0. The van der Waals surface area contributed by atoms with Crippen molar-refractivity contribution in [2.24, 2.45) is 5.41 Å². The summed E-state index contributed by atoms with van der Waals surface area (Å²) in [6.45, 7) is 11.0. The predicted octanol–water partition coefficient (Wildman–Crippen LogP) is 3.67. The van der Waals surface area contributed by atoms with Crippen molar-refractivity contribution in [1.82, 2.24) is 0 Å². The third-order valence-electron chi connectivity index (χ3n) is 3.35. The third-order valence-corrected chi connectivity index (χ3v) is 3.35. The van der Waals surface area contributed by atoms with E-state index in [1.54, 1.807) is 7.11 Å². The predicted molar refractivity (Wildman–Crippen MR) is 56.5 cm³/mol. The summed E-state index contributed by atoms with van der Waals surface area (Å²) in [5, 5.41) is 0. The van der Waals surface area contributed by atoms with Crippen LogP contribution >= 0.6 is 0 Å². The van der Waals surface area contributed by atoms with E-state index in [1.165, 1.54) is 16.7 Å². The van der Waals surface area contributed by atoms with Gasteiger partial charge < -0.3 is 4.74 Å². The third kappa shape index (κ3) is 1.31. The van der Waals surface area contributed by atoms with Crippen molar-refractivity contribution in [3.05, 3.63) is 22.5 Å². The molecule has 0 aromatic rings. The van der Waals surface area contributed by atoms with Crippen molar-refractivity contribution >= 4 is 0 Å². The maximum Gasteiger partial charge on any atom is 0.109 e. The number of methoxy groups -OCH3 is 1. The summed E-state index contributed by atoms with van der Waals surface area (Å²) in [5.41, 5.74) is 4.36. The summed E-state index contributed by atoms with van der Waals surface area (Å²) in [4.78, 5) is 0. The highest BCUT2D eigenvalue weighted by atomic mass is 16.5. The van der Waals surface area contributed by atoms with Crippen LogP contribution in [0.15, 0.2) is 22.5 Å². The first kappa shape index (κ1) is 10.4. The largest absolute Gasteiger partial charge is 0.500 e. The summed E-state index contributed by atoms with van der Waals surface area (Å²) in [6, 6.07) is 0. The van der Waals surface area contributed by atoms with Crippen LogP contribution in [0.5, 0.6) is 0 Å². The number of ether oxygens (including phenoxy) is 1. The van der Waals surface area contributed by atoms with Crippen LogP contribution in [0.3, 0.4) is 0 Å². The zero-order valence-electron chi connectivity index (χ0n) is 9.62. The highest BCUT2D eigenvalue weighted by molar-refractivity contribution is 5.48. The molecule has 0 amide bonds. The van der Waals surface area contributed by atoms with Crippen LogP contribution in [-0.4, -0.2) is 7.11 Å². The monoisotopic (exact) mass is 180 g/mol. The van der Waals surface area contributed by atoms with Crippen molar-refractivity contribution in [2.45, 2.75) is 41.0 Å². The molecule has 0 fully saturated rings. The molecule has 74 valence electrons. The van der Waals surface area contributed by atoms with Crippen LogP contribution in [0.1, 0.15) is 41.0 Å². The van der Waals surface area contributed by atoms with Gasteiger partial charge in [-0.25, -0.2) is 0 Å². The van der Waals surface area contributed by atoms with Gasteiger partial charge in [0.15, 0.2) is 0 Å². The normalized spacial score (nSPS) is 21.4. The quantitative estimate of drug-likeness (QED) is 0.630. The molecule has 1 heteroatoms. The molecule has 0 aromatic heterocycles. The lowest BCUT2D eigenvalue weighted by Gasteiger charge is -2.24. The van der Waals surface area contributed by atoms with Crippen LogP contribution in [0, 0.1) is 5.41 Å². The van der Waals surface area contributed by atoms with Crippen LogP contribution < -0.4 is 0 Å². The molecule has 1 nitrogen and oxygen atoms in total. The summed E-state index contributed by atoms with van der Waals surface area (Å²) in [5.74, 6) is 1.16. The van der Waals surface area contributed by atoms with Crippen molar-refractivity contribution in [3.63, 3.8) is 0 Å². The van der Waals surface area contributed by atoms with Gasteiger partial charge in [0.1, 0.15) is 5.76 Å². The Morgan fingerprint density at radius 3 is 2.08 bits per heavy atom. The lowest BCUT2D eigenvalue weighted by atomic mass is 9.86. The van der Waals surface area contributed by atoms with E-state index in [0.717, 1.165) is 12.2 Å². The molecule has 0 radical (unpaired) electrons. The van der Waals surface area contributed by atoms with Gasteiger partial charge in [-0.05, 0) is 45.3 Å². The fourth-order valence-corrected chi connectivity index (χ4v) is 2.22. The van der Waals surface area contributed by atoms with E-state index in [4.69, 9.17) is 4.74 Å². The zero-order valence-corrected chi connectivity index (χ0v) is 9.62. The molecule has 0 heterocycles. The minimum Gasteiger partial charge on any atom is -0.500 e. The number of rotatable bonds is 2. The van der Waals surface area contributed by atoms with Gasteiger partial charge in [-0.1, -0.05) is 12.5 Å². The second-order valence-electron chi connectivity index (χ2n) is 4.24. The minimum atomic E-state index is 0.101. The van der Waals surface area contributed by atoms with Crippen molar-refractivity contribution in [1.29, 1.82) is 0 Å². The first-order valence-electron chi connectivity index (χ1n) is 4.92. The average Bonchev–Trinajstić information content (AvgIpc) is 2.25. The van der Waals surface area contributed by atoms with Crippen molar-refractivity contribution < 1.29 is 4.74 Å². The number of hydrogen-bond donors (Lipinski definition) is 0. The van der Waals surface area contributed by atoms with E-state index < -0.39 is 0 Å². The molecule has 0 saturated heterocycles. The van der Waals surface area contributed by atoms with Gasteiger partial charge in [0.05, 0.1) is 7.11 Å². The zero-order chi connectivity index (χ0) is 10.2. The molecule has 13 heavy (non-hydrogen) atoms. The highest BCUT2D eigenvalue weighted by Crippen LogP contribution is 2.47. The van der Waals surface area contributed by atoms with E-state index in [-0.39, 0.29) is 5.41 Å². The van der Waals surface area contributed by atoms with Crippen LogP contribution in [-0.2, 0) is 4.74 Å². The van der Waals surface area contributed by atoms with Crippen LogP contribution in [0.25, 0.3) is 0 Å². The Kier molecular flexibility index (Phi) is 2.56. The van der Waals surface area contributed by atoms with E-state index in [1.807, 2.05) is 0 Å². The molecular weight excluding hydrogens is 160 g/mol. The van der Waals surface area contributed by atoms with Gasteiger partial charge in [0, 0.05) is 5.41 Å². The number of hydrogen-bond acceptors (Lipinski definition) is 1. The lowest BCUT2D eigenvalue weighted by molar-refractivity contribution is 0.217. The molecule has 0 atom stereocenters. The maximum absolute atomic E-state index is 5.51. The molecule has 0 aliphatic heterocycles. The Balaban J connectivity index is 3.26. The standard InChI is InChI=1S/C12H20O/c1-7-10-8(2)9(3)12(4,5)11(10)13-6/h7H2,1-6H3. The SMILES string of the molecule is CCC1=C(OC)C(C)(C)C(C)=C1C. The Hall–Kier alpha value is -0.720. The fraction of sp³-hybridized carbons (Fsp3) is 0.667. The van der Waals surface area contributed by atoms with E-state index in [9.17, 15) is 0 Å². The molecule has 1 aliphatic carbocycles. The summed E-state index contributed by atoms with van der Waals surface area (Å²) in [6.07, 6.45) is 1.07. The number of allylic oxidation sites excluding steroid dienone is 3. The Morgan fingerprint density at radius 1 is 1.23 bits per heavy atom. The summed E-state index contributed by atoms with van der Waals surface area (Å²) < 4.78 is 5.51. The topological polar surface area (TPSA) is 9.23 Å². The van der Waals surface area contributed by atoms with Gasteiger partial charge in [0.2, 0.25) is 0 Å². The second-order valence-corrected chi connectivity index (χ2v) is 4.24. The minimum absolute atomic E-state index is 0.101. The first-order chi connectivity index (χ1) is 5.96. The smallest absolute Gasteiger partial charge is 0.109 e. The van der Waals surface area contributed by atoms with Gasteiger partial charge in [-0.15, -0.1) is 0 Å². The van der Waals surface area contributed by atoms with Crippen LogP contribution in [0.2, 0.25) is 0 Å². The van der Waals surface area contributed by atoms with Gasteiger partial charge >= 0.3 is 0 Å². The van der Waals surface area contributed by atoms with Crippen LogP contribution in [0.4, 0.5) is 0 Å². The van der Waals surface area contributed by atoms with Gasteiger partial charge in [0.25, 0.3) is 0 Å². The molecule has 1 rings (SSSR count). The molecule has 1 aliphatic rings. The van der Waals surface area contributed by atoms with Gasteiger partial charge in [-0.3, -0.25) is 0 Å². The lowest BCUT2D eigenvalue weighted by Crippen LogP contribution is -2.14. The first-order valence-corrected chi connectivity index (χ1v) is 4.92. The Bertz CT molecular complexity index is 279. The molecule has 0 N–H and O–H groups in total. The van der Waals surface area contributed by atoms with E-state index >= 15 is 0 Å². The van der Waals surface area contributed by atoms with Crippen molar-refractivity contribution in [3.8, 4) is 0 Å². The molecule has 0 saturated carbocycles. The molecule has 0 bridgehead atoms. The van der Waals surface area contributed by atoms with Crippen molar-refractivity contribution in [2.75, 3.05) is 7.11 Å². The summed E-state index contributed by atoms with van der Waals surface area (Å²) in [7, 11) is 1.78. The molecular formula is C12H20O. The molecule has 0 aromatic carbocycles. The Morgan fingerprint density at radius 2 is 1.77 bits per heavy atom. The average molecular weight is 180 g/mol. The molecule has 0 unspecified atom stereocenters. The van der Waals surface area contributed by atoms with E-state index in [2.05, 4.69) is 34.6 Å². The Labute approximate surface area is 81.5 Å². The van der Waals surface area contributed by atoms with Gasteiger partial charge in [-0.2, -0.15) is 0 Å². The fourth-order valence-electron chi connectivity index (χ4n) is 2.22. The molecule has 0 spiro atoms. The maximum atomic E-state index is 5.51. The highest BCUT2D eigenvalue weighted by Gasteiger charge is 2.36.